The number of nitrogens with zero attached hydrogens (tertiary/aromatic N) is 3. The van der Waals surface area contributed by atoms with Gasteiger partial charge in [0.05, 0.1) is 18.1 Å². The highest BCUT2D eigenvalue weighted by Crippen LogP contribution is 2.26. The van der Waals surface area contributed by atoms with Gasteiger partial charge in [-0.05, 0) is 0 Å². The van der Waals surface area contributed by atoms with Gasteiger partial charge in [0.25, 0.3) is 12.3 Å². The molecule has 0 atom stereocenters. The van der Waals surface area contributed by atoms with E-state index in [4.69, 9.17) is 0 Å². The van der Waals surface area contributed by atoms with E-state index >= 15 is 0 Å². The first-order valence-corrected chi connectivity index (χ1v) is 6.60. The number of rotatable bonds is 4. The number of aromatic nitrogens is 5. The molecule has 3 heterocycles. The molecule has 7 nitrogen and oxygen atoms in total. The van der Waals surface area contributed by atoms with E-state index in [1.165, 1.54) is 11.3 Å². The number of hydrogen-bond acceptors (Lipinski definition) is 5. The molecule has 10 heteroatoms. The maximum Gasteiger partial charge on any atom is 0.281 e. The number of anilines is 1. The Kier molecular flexibility index (Phi) is 3.44. The number of nitrogens with one attached hydrogen (secondary N) is 3. The summed E-state index contributed by atoms with van der Waals surface area (Å²) in [7, 11) is 0. The highest BCUT2D eigenvalue weighted by molar-refractivity contribution is 7.13. The fraction of sp³-hybridized carbons (Fsp3) is 0.0909. The van der Waals surface area contributed by atoms with Crippen LogP contribution in [0.15, 0.2) is 24.0 Å². The summed E-state index contributed by atoms with van der Waals surface area (Å²) in [6.07, 6.45) is 1.60. The average Bonchev–Trinajstić information content (AvgIpc) is 3.19. The van der Waals surface area contributed by atoms with E-state index in [9.17, 15) is 13.6 Å². The number of alkyl halides is 2. The van der Waals surface area contributed by atoms with E-state index in [-0.39, 0.29) is 11.4 Å². The van der Waals surface area contributed by atoms with Gasteiger partial charge in [-0.3, -0.25) is 15.0 Å². The van der Waals surface area contributed by atoms with Crippen LogP contribution in [0.1, 0.15) is 22.6 Å². The minimum absolute atomic E-state index is 0.0622. The van der Waals surface area contributed by atoms with Crippen LogP contribution in [-0.4, -0.2) is 31.3 Å². The fourth-order valence-corrected chi connectivity index (χ4v) is 2.41. The van der Waals surface area contributed by atoms with E-state index in [0.717, 1.165) is 11.8 Å². The Morgan fingerprint density at radius 2 is 2.19 bits per heavy atom. The van der Waals surface area contributed by atoms with Crippen LogP contribution in [0.3, 0.4) is 0 Å². The van der Waals surface area contributed by atoms with Crippen LogP contribution in [0.5, 0.6) is 0 Å². The summed E-state index contributed by atoms with van der Waals surface area (Å²) in [6.45, 7) is 0. The SMILES string of the molecule is O=C(Nc1cn[nH]c1C(F)F)c1csc(-c2cn[nH]c2)n1. The lowest BCUT2D eigenvalue weighted by atomic mass is 10.3. The molecule has 0 spiro atoms. The van der Waals surface area contributed by atoms with Gasteiger partial charge < -0.3 is 5.32 Å². The highest BCUT2D eigenvalue weighted by atomic mass is 32.1. The average molecular weight is 310 g/mol. The molecule has 0 aromatic carbocycles. The maximum atomic E-state index is 12.7. The molecule has 3 N–H and O–H groups in total. The molecule has 3 rings (SSSR count). The Balaban J connectivity index is 1.78. The second-order valence-corrected chi connectivity index (χ2v) is 4.84. The summed E-state index contributed by atoms with van der Waals surface area (Å²) in [5, 5.41) is 16.6. The van der Waals surface area contributed by atoms with Crippen LogP contribution in [0.4, 0.5) is 14.5 Å². The Hall–Kier alpha value is -2.62. The van der Waals surface area contributed by atoms with Crippen molar-refractivity contribution in [1.29, 1.82) is 0 Å². The first kappa shape index (κ1) is 13.4. The molecule has 108 valence electrons. The normalized spacial score (nSPS) is 11.0. The second-order valence-electron chi connectivity index (χ2n) is 3.98. The van der Waals surface area contributed by atoms with Gasteiger partial charge in [0.1, 0.15) is 16.4 Å². The van der Waals surface area contributed by atoms with Gasteiger partial charge in [0.2, 0.25) is 0 Å². The van der Waals surface area contributed by atoms with Crippen molar-refractivity contribution in [2.24, 2.45) is 0 Å². The van der Waals surface area contributed by atoms with Gasteiger partial charge in [-0.15, -0.1) is 11.3 Å². The topological polar surface area (TPSA) is 99.4 Å². The lowest BCUT2D eigenvalue weighted by molar-refractivity contribution is 0.102. The number of halogens is 2. The summed E-state index contributed by atoms with van der Waals surface area (Å²) in [6, 6.07) is 0. The van der Waals surface area contributed by atoms with Crippen molar-refractivity contribution >= 4 is 22.9 Å². The van der Waals surface area contributed by atoms with Gasteiger partial charge in [-0.2, -0.15) is 10.2 Å². The van der Waals surface area contributed by atoms with Crippen LogP contribution in [0.2, 0.25) is 0 Å². The van der Waals surface area contributed by atoms with Crippen LogP contribution < -0.4 is 5.32 Å². The molecular formula is C11H8F2N6OS. The molecule has 0 saturated heterocycles. The second kappa shape index (κ2) is 5.40. The maximum absolute atomic E-state index is 12.7. The van der Waals surface area contributed by atoms with E-state index < -0.39 is 18.0 Å². The molecule has 3 aromatic heterocycles. The van der Waals surface area contributed by atoms with Gasteiger partial charge >= 0.3 is 0 Å². The van der Waals surface area contributed by atoms with Crippen LogP contribution in [0.25, 0.3) is 10.6 Å². The molecule has 21 heavy (non-hydrogen) atoms. The van der Waals surface area contributed by atoms with Crippen molar-refractivity contribution < 1.29 is 13.6 Å². The Morgan fingerprint density at radius 3 is 2.90 bits per heavy atom. The first-order valence-electron chi connectivity index (χ1n) is 5.72. The van der Waals surface area contributed by atoms with Crippen molar-refractivity contribution in [2.75, 3.05) is 5.32 Å². The molecule has 0 radical (unpaired) electrons. The van der Waals surface area contributed by atoms with Crippen molar-refractivity contribution in [3.05, 3.63) is 35.4 Å². The summed E-state index contributed by atoms with van der Waals surface area (Å²) >= 11 is 1.26. The summed E-state index contributed by atoms with van der Waals surface area (Å²) in [4.78, 5) is 16.1. The number of carbonyl (C=O) groups excluding carboxylic acids is 1. The molecule has 0 saturated carbocycles. The molecule has 3 aromatic rings. The van der Waals surface area contributed by atoms with Crippen molar-refractivity contribution in [3.8, 4) is 10.6 Å². The standard InChI is InChI=1S/C11H8F2N6OS/c12-9(13)8-6(3-16-19-8)17-10(20)7-4-21-11(18-7)5-1-14-15-2-5/h1-4,9H,(H,14,15)(H,16,19)(H,17,20). The molecule has 0 fully saturated rings. The number of aromatic amines is 2. The lowest BCUT2D eigenvalue weighted by Gasteiger charge is -2.02. The van der Waals surface area contributed by atoms with Crippen molar-refractivity contribution in [2.45, 2.75) is 6.43 Å². The third-order valence-corrected chi connectivity index (χ3v) is 3.51. The van der Waals surface area contributed by atoms with Gasteiger partial charge in [0.15, 0.2) is 0 Å². The molecule has 1 amide bonds. The third-order valence-electron chi connectivity index (χ3n) is 2.62. The van der Waals surface area contributed by atoms with Crippen LogP contribution in [0, 0.1) is 0 Å². The minimum atomic E-state index is -2.75. The predicted molar refractivity (Wildman–Crippen MR) is 71.2 cm³/mol. The summed E-state index contributed by atoms with van der Waals surface area (Å²) in [5.41, 5.74) is 0.384. The molecule has 0 bridgehead atoms. The molecule has 0 aliphatic carbocycles. The van der Waals surface area contributed by atoms with Crippen molar-refractivity contribution in [3.63, 3.8) is 0 Å². The fourth-order valence-electron chi connectivity index (χ4n) is 1.63. The Morgan fingerprint density at radius 1 is 1.33 bits per heavy atom. The van der Waals surface area contributed by atoms with E-state index in [1.807, 2.05) is 0 Å². The Bertz CT molecular complexity index is 750. The number of H-pyrrole nitrogens is 2. The molecule has 0 unspecified atom stereocenters. The van der Waals surface area contributed by atoms with Crippen molar-refractivity contribution in [1.82, 2.24) is 25.4 Å². The van der Waals surface area contributed by atoms with Gasteiger partial charge in [-0.1, -0.05) is 0 Å². The van der Waals surface area contributed by atoms with Gasteiger partial charge in [0, 0.05) is 17.1 Å². The largest absolute Gasteiger partial charge is 0.318 e. The van der Waals surface area contributed by atoms with E-state index in [2.05, 4.69) is 30.7 Å². The molecular weight excluding hydrogens is 302 g/mol. The molecule has 0 aliphatic rings. The quantitative estimate of drug-likeness (QED) is 0.689. The zero-order valence-electron chi connectivity index (χ0n) is 10.3. The first-order chi connectivity index (χ1) is 10.1. The highest BCUT2D eigenvalue weighted by Gasteiger charge is 2.19. The minimum Gasteiger partial charge on any atom is -0.318 e. The van der Waals surface area contributed by atoms with Crippen LogP contribution in [-0.2, 0) is 0 Å². The van der Waals surface area contributed by atoms with Gasteiger partial charge in [-0.25, -0.2) is 13.8 Å². The predicted octanol–water partition coefficient (Wildman–Crippen LogP) is 2.45. The van der Waals surface area contributed by atoms with E-state index in [0.29, 0.717) is 5.01 Å². The zero-order chi connectivity index (χ0) is 14.8. The van der Waals surface area contributed by atoms with E-state index in [1.54, 1.807) is 17.8 Å². The van der Waals surface area contributed by atoms with Crippen LogP contribution >= 0.6 is 11.3 Å². The zero-order valence-corrected chi connectivity index (χ0v) is 11.1. The third kappa shape index (κ3) is 2.65. The lowest BCUT2D eigenvalue weighted by Crippen LogP contribution is -2.13. The number of hydrogen-bond donors (Lipinski definition) is 3. The Labute approximate surface area is 120 Å². The number of amides is 1. The molecule has 0 aliphatic heterocycles. The number of carbonyl (C=O) groups is 1. The summed E-state index contributed by atoms with van der Waals surface area (Å²) in [5.74, 6) is -0.579. The number of thiazole rings is 1. The monoisotopic (exact) mass is 310 g/mol. The smallest absolute Gasteiger partial charge is 0.281 e. The summed E-state index contributed by atoms with van der Waals surface area (Å²) < 4.78 is 25.3.